The van der Waals surface area contributed by atoms with Crippen molar-refractivity contribution in [2.45, 2.75) is 37.3 Å². The topological polar surface area (TPSA) is 67.4 Å². The van der Waals surface area contributed by atoms with E-state index in [-0.39, 0.29) is 5.82 Å². The summed E-state index contributed by atoms with van der Waals surface area (Å²) in [5, 5.41) is 17.1. The molecule has 2 aliphatic heterocycles. The Bertz CT molecular complexity index is 1170. The van der Waals surface area contributed by atoms with Gasteiger partial charge in [-0.1, -0.05) is 30.3 Å². The van der Waals surface area contributed by atoms with Crippen LogP contribution in [0.4, 0.5) is 4.39 Å². The third-order valence-corrected chi connectivity index (χ3v) is 6.84. The van der Waals surface area contributed by atoms with E-state index in [1.54, 1.807) is 19.2 Å². The second-order valence-corrected chi connectivity index (χ2v) is 8.90. The monoisotopic (exact) mass is 460 g/mol. The summed E-state index contributed by atoms with van der Waals surface area (Å²) in [7, 11) is 1.68. The van der Waals surface area contributed by atoms with Crippen molar-refractivity contribution < 1.29 is 9.13 Å². The molecule has 34 heavy (non-hydrogen) atoms. The summed E-state index contributed by atoms with van der Waals surface area (Å²) in [6, 6.07) is 17.0. The van der Waals surface area contributed by atoms with Crippen molar-refractivity contribution in [2.75, 3.05) is 26.7 Å². The molecule has 1 fully saturated rings. The van der Waals surface area contributed by atoms with Gasteiger partial charge in [0.25, 0.3) is 0 Å². The Labute approximate surface area is 199 Å². The number of hydrogen-bond acceptors (Lipinski definition) is 6. The molecule has 1 saturated heterocycles. The van der Waals surface area contributed by atoms with Crippen molar-refractivity contribution in [1.82, 2.24) is 14.7 Å². The predicted octanol–water partition coefficient (Wildman–Crippen LogP) is 5.46. The first-order valence-corrected chi connectivity index (χ1v) is 11.8. The number of para-hydroxylation sites is 1. The highest BCUT2D eigenvalue weighted by Crippen LogP contribution is 2.38. The summed E-state index contributed by atoms with van der Waals surface area (Å²) in [4.78, 5) is 2.50. The van der Waals surface area contributed by atoms with Crippen LogP contribution in [0.1, 0.15) is 37.3 Å². The Morgan fingerprint density at radius 1 is 1.06 bits per heavy atom. The first-order valence-electron chi connectivity index (χ1n) is 11.8. The molecule has 5 rings (SSSR count). The molecule has 1 unspecified atom stereocenters. The molecule has 7 nitrogen and oxygen atoms in total. The largest absolute Gasteiger partial charge is 0.496 e. The van der Waals surface area contributed by atoms with E-state index in [0.717, 1.165) is 56.6 Å². The highest BCUT2D eigenvalue weighted by molar-refractivity contribution is 5.75. The zero-order valence-electron chi connectivity index (χ0n) is 19.3. The van der Waals surface area contributed by atoms with Crippen LogP contribution in [0.25, 0.3) is 11.3 Å². The zero-order chi connectivity index (χ0) is 23.4. The van der Waals surface area contributed by atoms with E-state index < -0.39 is 5.54 Å². The fraction of sp³-hybridized carbons (Fsp3) is 0.385. The summed E-state index contributed by atoms with van der Waals surface area (Å²) < 4.78 is 21.7. The number of ether oxygens (including phenoxy) is 1. The Morgan fingerprint density at radius 3 is 2.62 bits per heavy atom. The van der Waals surface area contributed by atoms with E-state index in [1.807, 2.05) is 53.5 Å². The van der Waals surface area contributed by atoms with E-state index in [4.69, 9.17) is 4.74 Å². The van der Waals surface area contributed by atoms with Crippen molar-refractivity contribution in [2.24, 2.45) is 15.4 Å². The third-order valence-electron chi connectivity index (χ3n) is 6.84. The SMILES string of the molecule is COc1ccccc1C1(CCCN2CCC(n3ccc(-c4ccccc4F)n3)CC2)C=NN=N1. The molecule has 3 heterocycles. The second-order valence-electron chi connectivity index (χ2n) is 8.90. The number of halogens is 1. The summed E-state index contributed by atoms with van der Waals surface area (Å²) in [6.07, 6.45) is 7.67. The van der Waals surface area contributed by atoms with Crippen LogP contribution in [-0.2, 0) is 5.54 Å². The minimum Gasteiger partial charge on any atom is -0.496 e. The fourth-order valence-corrected chi connectivity index (χ4v) is 4.96. The molecule has 2 aliphatic rings. The molecule has 0 radical (unpaired) electrons. The molecular weight excluding hydrogens is 431 g/mol. The van der Waals surface area contributed by atoms with Crippen molar-refractivity contribution in [3.05, 3.63) is 72.2 Å². The molecule has 0 saturated carbocycles. The molecular formula is C26H29FN6O. The van der Waals surface area contributed by atoms with Gasteiger partial charge in [-0.25, -0.2) is 4.39 Å². The number of methoxy groups -OCH3 is 1. The van der Waals surface area contributed by atoms with Crippen LogP contribution in [0, 0.1) is 5.82 Å². The molecule has 0 amide bonds. The standard InChI is InChI=1S/C26H29FN6O/c1-34-25-10-5-3-8-22(25)26(19-28-31-30-26)14-6-15-32-16-11-20(12-17-32)33-18-13-24(29-33)21-7-2-4-9-23(21)27/h2-5,7-10,13,18-20H,6,11-12,14-17H2,1H3. The van der Waals surface area contributed by atoms with Crippen LogP contribution in [0.15, 0.2) is 76.2 Å². The van der Waals surface area contributed by atoms with Crippen LogP contribution in [-0.4, -0.2) is 47.6 Å². The average Bonchev–Trinajstić information content (AvgIpc) is 3.56. The summed E-state index contributed by atoms with van der Waals surface area (Å²) in [5.74, 6) is 0.574. The van der Waals surface area contributed by atoms with Crippen LogP contribution >= 0.6 is 0 Å². The van der Waals surface area contributed by atoms with Gasteiger partial charge in [-0.3, -0.25) is 4.68 Å². The van der Waals surface area contributed by atoms with Crippen molar-refractivity contribution in [3.63, 3.8) is 0 Å². The van der Waals surface area contributed by atoms with Gasteiger partial charge in [0.15, 0.2) is 0 Å². The van der Waals surface area contributed by atoms with Crippen LogP contribution in [0.3, 0.4) is 0 Å². The van der Waals surface area contributed by atoms with Crippen molar-refractivity contribution in [3.8, 4) is 17.0 Å². The molecule has 1 atom stereocenters. The predicted molar refractivity (Wildman–Crippen MR) is 130 cm³/mol. The molecule has 8 heteroatoms. The second kappa shape index (κ2) is 9.85. The maximum absolute atomic E-state index is 14.1. The molecule has 176 valence electrons. The highest BCUT2D eigenvalue weighted by atomic mass is 19.1. The van der Waals surface area contributed by atoms with E-state index in [1.165, 1.54) is 6.07 Å². The fourth-order valence-electron chi connectivity index (χ4n) is 4.96. The average molecular weight is 461 g/mol. The van der Waals surface area contributed by atoms with Gasteiger partial charge >= 0.3 is 0 Å². The maximum Gasteiger partial charge on any atom is 0.149 e. The smallest absolute Gasteiger partial charge is 0.149 e. The quantitative estimate of drug-likeness (QED) is 0.448. The van der Waals surface area contributed by atoms with Crippen LogP contribution in [0.5, 0.6) is 5.75 Å². The zero-order valence-corrected chi connectivity index (χ0v) is 19.3. The molecule has 0 bridgehead atoms. The van der Waals surface area contributed by atoms with Gasteiger partial charge in [0, 0.05) is 30.4 Å². The van der Waals surface area contributed by atoms with Gasteiger partial charge in [0.05, 0.1) is 25.1 Å². The van der Waals surface area contributed by atoms with E-state index >= 15 is 0 Å². The summed E-state index contributed by atoms with van der Waals surface area (Å²) in [5.41, 5.74) is 1.69. The Morgan fingerprint density at radius 2 is 1.85 bits per heavy atom. The Kier molecular flexibility index (Phi) is 6.49. The molecule has 0 N–H and O–H groups in total. The van der Waals surface area contributed by atoms with Gasteiger partial charge in [0.2, 0.25) is 0 Å². The van der Waals surface area contributed by atoms with Gasteiger partial charge in [0.1, 0.15) is 17.1 Å². The third kappa shape index (κ3) is 4.50. The van der Waals surface area contributed by atoms with Gasteiger partial charge in [-0.15, -0.1) is 5.10 Å². The van der Waals surface area contributed by atoms with Crippen LogP contribution in [0.2, 0.25) is 0 Å². The number of piperidine rings is 1. The normalized spacial score (nSPS) is 20.8. The lowest BCUT2D eigenvalue weighted by Gasteiger charge is -2.32. The molecule has 3 aromatic rings. The number of likely N-dealkylation sites (tertiary alicyclic amines) is 1. The number of rotatable bonds is 8. The lowest BCUT2D eigenvalue weighted by atomic mass is 9.86. The first kappa shape index (κ1) is 22.4. The van der Waals surface area contributed by atoms with Gasteiger partial charge in [-0.05, 0) is 61.7 Å². The molecule has 1 aromatic heterocycles. The summed E-state index contributed by atoms with van der Waals surface area (Å²) >= 11 is 0. The summed E-state index contributed by atoms with van der Waals surface area (Å²) in [6.45, 7) is 3.01. The first-order chi connectivity index (χ1) is 16.7. The highest BCUT2D eigenvalue weighted by Gasteiger charge is 2.36. The van der Waals surface area contributed by atoms with Crippen LogP contribution < -0.4 is 4.74 Å². The minimum atomic E-state index is -0.552. The number of nitrogens with zero attached hydrogens (tertiary/aromatic N) is 6. The minimum absolute atomic E-state index is 0.236. The molecule has 0 spiro atoms. The van der Waals surface area contributed by atoms with Crippen molar-refractivity contribution >= 4 is 6.21 Å². The van der Waals surface area contributed by atoms with E-state index in [9.17, 15) is 4.39 Å². The lowest BCUT2D eigenvalue weighted by molar-refractivity contribution is 0.175. The lowest BCUT2D eigenvalue weighted by Crippen LogP contribution is -2.36. The molecule has 2 aromatic carbocycles. The Hall–Kier alpha value is -3.39. The maximum atomic E-state index is 14.1. The van der Waals surface area contributed by atoms with E-state index in [2.05, 4.69) is 25.4 Å². The van der Waals surface area contributed by atoms with E-state index in [0.29, 0.717) is 17.3 Å². The number of aromatic nitrogens is 2. The number of benzene rings is 2. The molecule has 0 aliphatic carbocycles. The van der Waals surface area contributed by atoms with Gasteiger partial charge < -0.3 is 9.64 Å². The number of hydrogen-bond donors (Lipinski definition) is 0. The van der Waals surface area contributed by atoms with Gasteiger partial charge in [-0.2, -0.15) is 10.2 Å². The Balaban J connectivity index is 1.16. The van der Waals surface area contributed by atoms with Crippen molar-refractivity contribution in [1.29, 1.82) is 0 Å².